The lowest BCUT2D eigenvalue weighted by molar-refractivity contribution is 0.161. The molecule has 1 N–H and O–H groups in total. The van der Waals surface area contributed by atoms with Crippen LogP contribution in [0.15, 0.2) is 12.4 Å². The molecule has 0 radical (unpaired) electrons. The number of likely N-dealkylation sites (N-methyl/N-ethyl adjacent to an activating group) is 1. The van der Waals surface area contributed by atoms with E-state index in [9.17, 15) is 0 Å². The molecule has 0 bridgehead atoms. The van der Waals surface area contributed by atoms with Crippen molar-refractivity contribution in [3.05, 3.63) is 12.4 Å². The predicted octanol–water partition coefficient (Wildman–Crippen LogP) is 0.768. The van der Waals surface area contributed by atoms with Crippen LogP contribution in [-0.4, -0.2) is 65.9 Å². The predicted molar refractivity (Wildman–Crippen MR) is 78.2 cm³/mol. The van der Waals surface area contributed by atoms with Gasteiger partial charge in [0.15, 0.2) is 5.82 Å². The minimum absolute atomic E-state index is 0.221. The third-order valence-electron chi connectivity index (χ3n) is 3.76. The van der Waals surface area contributed by atoms with Crippen LogP contribution in [0.2, 0.25) is 0 Å². The van der Waals surface area contributed by atoms with E-state index in [2.05, 4.69) is 26.8 Å². The lowest BCUT2D eigenvalue weighted by atomic mass is 10.0. The highest BCUT2D eigenvalue weighted by molar-refractivity contribution is 5.38. The summed E-state index contributed by atoms with van der Waals surface area (Å²) in [5.41, 5.74) is 0. The summed E-state index contributed by atoms with van der Waals surface area (Å²) in [5, 5.41) is 8.99. The lowest BCUT2D eigenvalue weighted by Crippen LogP contribution is -2.44. The Morgan fingerprint density at radius 3 is 2.80 bits per heavy atom. The van der Waals surface area contributed by atoms with Crippen molar-refractivity contribution in [2.24, 2.45) is 0 Å². The summed E-state index contributed by atoms with van der Waals surface area (Å²) < 4.78 is 5.39. The van der Waals surface area contributed by atoms with Gasteiger partial charge in [0.2, 0.25) is 5.88 Å². The first-order valence-corrected chi connectivity index (χ1v) is 7.25. The van der Waals surface area contributed by atoms with Crippen LogP contribution >= 0.6 is 0 Å². The number of aromatic nitrogens is 2. The highest BCUT2D eigenvalue weighted by Gasteiger charge is 2.23. The Bertz CT molecular complexity index is 408. The van der Waals surface area contributed by atoms with Gasteiger partial charge in [0.1, 0.15) is 0 Å². The van der Waals surface area contributed by atoms with E-state index in [1.807, 2.05) is 6.92 Å². The fraction of sp³-hybridized carbons (Fsp3) is 0.714. The van der Waals surface area contributed by atoms with Crippen molar-refractivity contribution >= 4 is 5.82 Å². The number of nitrogens with zero attached hydrogens (tertiary/aromatic N) is 4. The smallest absolute Gasteiger partial charge is 0.234 e. The van der Waals surface area contributed by atoms with Crippen molar-refractivity contribution in [3.63, 3.8) is 0 Å². The first-order chi connectivity index (χ1) is 9.74. The molecule has 1 saturated heterocycles. The molecule has 2 rings (SSSR count). The maximum atomic E-state index is 8.99. The summed E-state index contributed by atoms with van der Waals surface area (Å²) in [6, 6.07) is 0.543. The van der Waals surface area contributed by atoms with Crippen LogP contribution in [-0.2, 0) is 0 Å². The number of hydrogen-bond acceptors (Lipinski definition) is 6. The SMILES string of the molecule is CCOc1cncc(N2CCC(N(C)CCO)CC2)n1. The summed E-state index contributed by atoms with van der Waals surface area (Å²) in [6.07, 6.45) is 5.60. The zero-order valence-corrected chi connectivity index (χ0v) is 12.3. The molecule has 0 aliphatic carbocycles. The molecule has 1 aliphatic heterocycles. The van der Waals surface area contributed by atoms with Gasteiger partial charge in [0.25, 0.3) is 0 Å². The lowest BCUT2D eigenvalue weighted by Gasteiger charge is -2.37. The van der Waals surface area contributed by atoms with Crippen molar-refractivity contribution in [1.29, 1.82) is 0 Å². The summed E-state index contributed by atoms with van der Waals surface area (Å²) in [6.45, 7) is 5.43. The molecule has 20 heavy (non-hydrogen) atoms. The van der Waals surface area contributed by atoms with Crippen molar-refractivity contribution in [3.8, 4) is 5.88 Å². The van der Waals surface area contributed by atoms with Gasteiger partial charge >= 0.3 is 0 Å². The van der Waals surface area contributed by atoms with Gasteiger partial charge in [-0.15, -0.1) is 0 Å². The molecule has 0 unspecified atom stereocenters. The second kappa shape index (κ2) is 7.40. The number of ether oxygens (including phenoxy) is 1. The Balaban J connectivity index is 1.91. The van der Waals surface area contributed by atoms with Crippen LogP contribution in [0.4, 0.5) is 5.82 Å². The van der Waals surface area contributed by atoms with Gasteiger partial charge < -0.3 is 19.6 Å². The molecule has 0 aromatic carbocycles. The standard InChI is InChI=1S/C14H24N4O2/c1-3-20-14-11-15-10-13(16-14)18-6-4-12(5-7-18)17(2)8-9-19/h10-12,19H,3-9H2,1-2H3. The molecule has 1 aliphatic rings. The van der Waals surface area contributed by atoms with E-state index in [-0.39, 0.29) is 6.61 Å². The molecule has 1 aromatic rings. The number of aliphatic hydroxyl groups excluding tert-OH is 1. The molecule has 0 atom stereocenters. The topological polar surface area (TPSA) is 61.7 Å². The van der Waals surface area contributed by atoms with Crippen LogP contribution < -0.4 is 9.64 Å². The Hall–Kier alpha value is -1.40. The highest BCUT2D eigenvalue weighted by atomic mass is 16.5. The van der Waals surface area contributed by atoms with Crippen LogP contribution in [0.5, 0.6) is 5.88 Å². The average Bonchev–Trinajstić information content (AvgIpc) is 2.48. The number of hydrogen-bond donors (Lipinski definition) is 1. The van der Waals surface area contributed by atoms with Gasteiger partial charge in [0.05, 0.1) is 25.6 Å². The second-order valence-electron chi connectivity index (χ2n) is 5.07. The quantitative estimate of drug-likeness (QED) is 0.830. The number of piperidine rings is 1. The van der Waals surface area contributed by atoms with Gasteiger partial charge in [-0.25, -0.2) is 0 Å². The minimum atomic E-state index is 0.221. The van der Waals surface area contributed by atoms with Crippen LogP contribution in [0, 0.1) is 0 Å². The van der Waals surface area contributed by atoms with E-state index < -0.39 is 0 Å². The summed E-state index contributed by atoms with van der Waals surface area (Å²) in [4.78, 5) is 13.2. The maximum absolute atomic E-state index is 8.99. The Morgan fingerprint density at radius 2 is 2.15 bits per heavy atom. The summed E-state index contributed by atoms with van der Waals surface area (Å²) in [5.74, 6) is 1.48. The molecule has 2 heterocycles. The third kappa shape index (κ3) is 3.80. The van der Waals surface area contributed by atoms with E-state index in [0.717, 1.165) is 38.3 Å². The van der Waals surface area contributed by atoms with E-state index in [0.29, 0.717) is 18.5 Å². The zero-order valence-electron chi connectivity index (χ0n) is 12.3. The van der Waals surface area contributed by atoms with Gasteiger partial charge in [-0.1, -0.05) is 0 Å². The fourth-order valence-corrected chi connectivity index (χ4v) is 2.58. The minimum Gasteiger partial charge on any atom is -0.477 e. The Morgan fingerprint density at radius 1 is 1.40 bits per heavy atom. The van der Waals surface area contributed by atoms with Crippen molar-refractivity contribution < 1.29 is 9.84 Å². The van der Waals surface area contributed by atoms with Crippen molar-refractivity contribution in [2.75, 3.05) is 44.8 Å². The molecule has 112 valence electrons. The second-order valence-corrected chi connectivity index (χ2v) is 5.07. The summed E-state index contributed by atoms with van der Waals surface area (Å²) >= 11 is 0. The average molecular weight is 280 g/mol. The molecule has 6 heteroatoms. The number of aliphatic hydroxyl groups is 1. The van der Waals surface area contributed by atoms with E-state index in [1.54, 1.807) is 12.4 Å². The normalized spacial score (nSPS) is 16.7. The first-order valence-electron chi connectivity index (χ1n) is 7.25. The Kier molecular flexibility index (Phi) is 5.55. The Labute approximate surface area is 120 Å². The van der Waals surface area contributed by atoms with Crippen molar-refractivity contribution in [1.82, 2.24) is 14.9 Å². The summed E-state index contributed by atoms with van der Waals surface area (Å²) in [7, 11) is 2.08. The highest BCUT2D eigenvalue weighted by Crippen LogP contribution is 2.21. The molecule has 6 nitrogen and oxygen atoms in total. The van der Waals surface area contributed by atoms with E-state index in [4.69, 9.17) is 9.84 Å². The molecule has 0 spiro atoms. The van der Waals surface area contributed by atoms with E-state index >= 15 is 0 Å². The molecular weight excluding hydrogens is 256 g/mol. The molecule has 0 saturated carbocycles. The fourth-order valence-electron chi connectivity index (χ4n) is 2.58. The largest absolute Gasteiger partial charge is 0.477 e. The molecule has 1 aromatic heterocycles. The maximum Gasteiger partial charge on any atom is 0.234 e. The number of rotatable bonds is 6. The first kappa shape index (κ1) is 15.0. The number of anilines is 1. The van der Waals surface area contributed by atoms with Crippen LogP contribution in [0.3, 0.4) is 0 Å². The van der Waals surface area contributed by atoms with Gasteiger partial charge in [-0.05, 0) is 26.8 Å². The molecule has 0 amide bonds. The monoisotopic (exact) mass is 280 g/mol. The van der Waals surface area contributed by atoms with Gasteiger partial charge in [-0.2, -0.15) is 4.98 Å². The van der Waals surface area contributed by atoms with Crippen molar-refractivity contribution in [2.45, 2.75) is 25.8 Å². The van der Waals surface area contributed by atoms with Crippen LogP contribution in [0.25, 0.3) is 0 Å². The zero-order chi connectivity index (χ0) is 14.4. The third-order valence-corrected chi connectivity index (χ3v) is 3.76. The van der Waals surface area contributed by atoms with E-state index in [1.165, 1.54) is 0 Å². The van der Waals surface area contributed by atoms with Gasteiger partial charge in [-0.3, -0.25) is 4.98 Å². The molecule has 1 fully saturated rings. The van der Waals surface area contributed by atoms with Gasteiger partial charge in [0, 0.05) is 25.7 Å². The molecular formula is C14H24N4O2. The van der Waals surface area contributed by atoms with Crippen LogP contribution in [0.1, 0.15) is 19.8 Å².